The molecule has 1 aliphatic rings. The van der Waals surface area contributed by atoms with Crippen molar-refractivity contribution >= 4 is 36.8 Å². The number of hydrogen-bond donors (Lipinski definition) is 2. The molecular formula is C33H48N4O4Si. The number of ether oxygens (including phenoxy) is 2. The van der Waals surface area contributed by atoms with E-state index < -0.39 is 13.7 Å². The van der Waals surface area contributed by atoms with Crippen LogP contribution in [-0.4, -0.2) is 47.9 Å². The first-order valence-corrected chi connectivity index (χ1v) is 18.9. The molecule has 4 rings (SSSR count). The van der Waals surface area contributed by atoms with Gasteiger partial charge in [0.25, 0.3) is 0 Å². The number of fused-ring (bicyclic) bond motifs is 1. The lowest BCUT2D eigenvalue weighted by Gasteiger charge is -2.32. The molecule has 0 spiro atoms. The molecule has 1 atom stereocenters. The number of alkyl carbamates (subject to hydrolysis) is 1. The summed E-state index contributed by atoms with van der Waals surface area (Å²) in [6.07, 6.45) is 4.69. The number of carbonyl (C=O) groups excluding carboxylic acids is 2. The molecule has 2 N–H and O–H groups in total. The fourth-order valence-electron chi connectivity index (χ4n) is 5.50. The number of aromatic nitrogens is 2. The number of anilines is 1. The van der Waals surface area contributed by atoms with E-state index in [0.29, 0.717) is 19.3 Å². The summed E-state index contributed by atoms with van der Waals surface area (Å²) in [4.78, 5) is 30.4. The first kappa shape index (κ1) is 31.8. The van der Waals surface area contributed by atoms with Gasteiger partial charge < -0.3 is 24.7 Å². The molecule has 1 fully saturated rings. The molecule has 2 aromatic heterocycles. The standard InChI is InChI=1S/C33H48N4O4Si/c1-23(35-32(39)41-33(2,3)4)24-13-15-26(16-14-24)31(38)36-28-17-18-34-30-27(28)21-29(25-11-9-8-10-12-25)37(30)22-40-19-20-42(5,6)7/h8-12,17-18,21,23-24,26H,13-16,19-20,22H2,1-7H3,(H,35,39)(H,34,36,38)/t23-,24-,26-/m1/s1. The molecule has 0 bridgehead atoms. The van der Waals surface area contributed by atoms with Crippen molar-refractivity contribution in [3.05, 3.63) is 48.7 Å². The molecule has 0 aliphatic heterocycles. The number of amides is 2. The average Bonchev–Trinajstić information content (AvgIpc) is 3.29. The van der Waals surface area contributed by atoms with Crippen LogP contribution in [0.15, 0.2) is 48.7 Å². The van der Waals surface area contributed by atoms with Crippen molar-refractivity contribution in [3.8, 4) is 11.3 Å². The molecule has 2 heterocycles. The molecule has 1 saturated carbocycles. The second-order valence-electron chi connectivity index (χ2n) is 13.8. The Kier molecular flexibility index (Phi) is 10.1. The Labute approximate surface area is 251 Å². The summed E-state index contributed by atoms with van der Waals surface area (Å²) in [5.74, 6) is 0.283. The Bertz CT molecular complexity index is 1350. The van der Waals surface area contributed by atoms with Gasteiger partial charge in [0.1, 0.15) is 18.0 Å². The van der Waals surface area contributed by atoms with Crippen LogP contribution in [0.2, 0.25) is 25.7 Å². The highest BCUT2D eigenvalue weighted by Crippen LogP contribution is 2.34. The van der Waals surface area contributed by atoms with Crippen LogP contribution in [0.4, 0.5) is 10.5 Å². The van der Waals surface area contributed by atoms with Crippen molar-refractivity contribution in [2.24, 2.45) is 11.8 Å². The molecule has 228 valence electrons. The van der Waals surface area contributed by atoms with Crippen molar-refractivity contribution in [1.82, 2.24) is 14.9 Å². The van der Waals surface area contributed by atoms with Gasteiger partial charge in [0, 0.05) is 38.2 Å². The van der Waals surface area contributed by atoms with Crippen molar-refractivity contribution in [2.45, 2.75) is 97.4 Å². The highest BCUT2D eigenvalue weighted by Gasteiger charge is 2.31. The molecule has 1 aromatic carbocycles. The van der Waals surface area contributed by atoms with Crippen LogP contribution in [0.3, 0.4) is 0 Å². The molecule has 3 aromatic rings. The van der Waals surface area contributed by atoms with Crippen molar-refractivity contribution in [2.75, 3.05) is 11.9 Å². The summed E-state index contributed by atoms with van der Waals surface area (Å²) in [5.41, 5.74) is 3.13. The van der Waals surface area contributed by atoms with Gasteiger partial charge in [-0.2, -0.15) is 0 Å². The molecule has 1 aliphatic carbocycles. The maximum atomic E-state index is 13.4. The zero-order valence-corrected chi connectivity index (χ0v) is 27.3. The Balaban J connectivity index is 1.44. The van der Waals surface area contributed by atoms with Gasteiger partial charge in [-0.1, -0.05) is 50.0 Å². The third-order valence-electron chi connectivity index (χ3n) is 7.93. The van der Waals surface area contributed by atoms with Crippen LogP contribution < -0.4 is 10.6 Å². The van der Waals surface area contributed by atoms with E-state index in [1.54, 1.807) is 6.20 Å². The van der Waals surface area contributed by atoms with Crippen molar-refractivity contribution in [1.29, 1.82) is 0 Å². The second-order valence-corrected chi connectivity index (χ2v) is 19.4. The first-order valence-electron chi connectivity index (χ1n) is 15.2. The highest BCUT2D eigenvalue weighted by atomic mass is 28.3. The van der Waals surface area contributed by atoms with Gasteiger partial charge in [0.2, 0.25) is 5.91 Å². The monoisotopic (exact) mass is 592 g/mol. The van der Waals surface area contributed by atoms with Gasteiger partial charge in [-0.25, -0.2) is 9.78 Å². The number of rotatable bonds is 10. The van der Waals surface area contributed by atoms with E-state index in [-0.39, 0.29) is 24.0 Å². The van der Waals surface area contributed by atoms with Gasteiger partial charge in [-0.05, 0) is 83.0 Å². The van der Waals surface area contributed by atoms with E-state index in [1.165, 1.54) is 0 Å². The van der Waals surface area contributed by atoms with E-state index in [1.807, 2.05) is 52.0 Å². The van der Waals surface area contributed by atoms with Gasteiger partial charge in [-0.3, -0.25) is 4.79 Å². The number of nitrogens with zero attached hydrogens (tertiary/aromatic N) is 2. The van der Waals surface area contributed by atoms with E-state index >= 15 is 0 Å². The third-order valence-corrected chi connectivity index (χ3v) is 9.64. The average molecular weight is 593 g/mol. The van der Waals surface area contributed by atoms with Crippen LogP contribution in [0, 0.1) is 11.8 Å². The maximum absolute atomic E-state index is 13.4. The molecule has 0 radical (unpaired) electrons. The van der Waals surface area contributed by atoms with Crippen LogP contribution >= 0.6 is 0 Å². The lowest BCUT2D eigenvalue weighted by Crippen LogP contribution is -2.42. The zero-order valence-electron chi connectivity index (χ0n) is 26.3. The Morgan fingerprint density at radius 2 is 1.76 bits per heavy atom. The zero-order chi connectivity index (χ0) is 30.5. The largest absolute Gasteiger partial charge is 0.444 e. The maximum Gasteiger partial charge on any atom is 0.407 e. The van der Waals surface area contributed by atoms with Crippen LogP contribution in [-0.2, 0) is 21.0 Å². The number of pyridine rings is 1. The smallest absolute Gasteiger partial charge is 0.407 e. The molecule has 2 amide bonds. The van der Waals surface area contributed by atoms with E-state index in [2.05, 4.69) is 53.0 Å². The Morgan fingerprint density at radius 3 is 2.40 bits per heavy atom. The van der Waals surface area contributed by atoms with Gasteiger partial charge >= 0.3 is 6.09 Å². The summed E-state index contributed by atoms with van der Waals surface area (Å²) >= 11 is 0. The number of benzene rings is 1. The van der Waals surface area contributed by atoms with E-state index in [4.69, 9.17) is 14.5 Å². The van der Waals surface area contributed by atoms with Gasteiger partial charge in [0.05, 0.1) is 11.4 Å². The SMILES string of the molecule is C[C@@H](NC(=O)OC(C)(C)C)[C@H]1CC[C@H](C(=O)Nc2ccnc3c2cc(-c2ccccc2)n3COCC[Si](C)(C)C)CC1. The minimum Gasteiger partial charge on any atom is -0.444 e. The summed E-state index contributed by atoms with van der Waals surface area (Å²) in [7, 11) is -1.20. The predicted molar refractivity (Wildman–Crippen MR) is 172 cm³/mol. The summed E-state index contributed by atoms with van der Waals surface area (Å²) < 4.78 is 13.7. The molecule has 9 heteroatoms. The van der Waals surface area contributed by atoms with Crippen molar-refractivity contribution in [3.63, 3.8) is 0 Å². The Morgan fingerprint density at radius 1 is 1.07 bits per heavy atom. The third kappa shape index (κ3) is 8.67. The quantitative estimate of drug-likeness (QED) is 0.186. The molecular weight excluding hydrogens is 544 g/mol. The summed E-state index contributed by atoms with van der Waals surface area (Å²) in [6, 6.07) is 15.3. The minimum absolute atomic E-state index is 0.00665. The highest BCUT2D eigenvalue weighted by molar-refractivity contribution is 6.76. The van der Waals surface area contributed by atoms with E-state index in [9.17, 15) is 9.59 Å². The van der Waals surface area contributed by atoms with Crippen molar-refractivity contribution < 1.29 is 19.1 Å². The predicted octanol–water partition coefficient (Wildman–Crippen LogP) is 7.67. The van der Waals surface area contributed by atoms with Crippen LogP contribution in [0.25, 0.3) is 22.3 Å². The van der Waals surface area contributed by atoms with Crippen LogP contribution in [0.5, 0.6) is 0 Å². The normalized spacial score (nSPS) is 18.5. The topological polar surface area (TPSA) is 94.5 Å². The number of hydrogen-bond acceptors (Lipinski definition) is 5. The molecule has 8 nitrogen and oxygen atoms in total. The second kappa shape index (κ2) is 13.4. The lowest BCUT2D eigenvalue weighted by atomic mass is 9.78. The number of carbonyl (C=O) groups is 2. The van der Waals surface area contributed by atoms with Crippen LogP contribution in [0.1, 0.15) is 53.4 Å². The summed E-state index contributed by atoms with van der Waals surface area (Å²) in [6.45, 7) is 15.8. The minimum atomic E-state index is -1.20. The fraction of sp³-hybridized carbons (Fsp3) is 0.545. The molecule has 42 heavy (non-hydrogen) atoms. The lowest BCUT2D eigenvalue weighted by molar-refractivity contribution is -0.121. The molecule has 0 unspecified atom stereocenters. The van der Waals surface area contributed by atoms with E-state index in [0.717, 1.165) is 59.7 Å². The molecule has 0 saturated heterocycles. The van der Waals surface area contributed by atoms with Gasteiger partial charge in [0.15, 0.2) is 0 Å². The summed E-state index contributed by atoms with van der Waals surface area (Å²) in [5, 5.41) is 7.10. The fourth-order valence-corrected chi connectivity index (χ4v) is 6.25. The van der Waals surface area contributed by atoms with Gasteiger partial charge in [-0.15, -0.1) is 0 Å². The Hall–Kier alpha value is -3.17. The number of nitrogens with one attached hydrogen (secondary N) is 2. The first-order chi connectivity index (χ1) is 19.8.